The van der Waals surface area contributed by atoms with Crippen molar-refractivity contribution in [3.05, 3.63) is 0 Å². The number of alkyl halides is 1. The number of hydrogen-bond donors (Lipinski definition) is 1. The van der Waals surface area contributed by atoms with Gasteiger partial charge in [-0.2, -0.15) is 0 Å². The molecule has 2 aliphatic rings. The van der Waals surface area contributed by atoms with Crippen LogP contribution in [-0.2, 0) is 0 Å². The summed E-state index contributed by atoms with van der Waals surface area (Å²) in [5, 5.41) is 3.49. The minimum atomic E-state index is 0.159. The Hall–Kier alpha value is -0.280. The largest absolute Gasteiger partial charge is 0.357 e. The monoisotopic (exact) mass is 201 g/mol. The molecule has 2 heterocycles. The molecule has 1 unspecified atom stereocenters. The smallest absolute Gasteiger partial charge is 0.117 e. The number of piperazine rings is 1. The third-order valence-electron chi connectivity index (χ3n) is 2.61. The molecule has 74 valence electrons. The quantitative estimate of drug-likeness (QED) is 0.585. The van der Waals surface area contributed by atoms with E-state index in [9.17, 15) is 0 Å². The van der Waals surface area contributed by atoms with E-state index in [-0.39, 0.29) is 5.38 Å². The number of amidine groups is 1. The second kappa shape index (κ2) is 4.29. The van der Waals surface area contributed by atoms with Crippen LogP contribution < -0.4 is 5.32 Å². The molecule has 1 N–H and O–H groups in total. The van der Waals surface area contributed by atoms with E-state index in [1.54, 1.807) is 0 Å². The van der Waals surface area contributed by atoms with E-state index in [4.69, 9.17) is 11.6 Å². The molecule has 0 aromatic carbocycles. The zero-order chi connectivity index (χ0) is 9.10. The van der Waals surface area contributed by atoms with E-state index in [1.165, 1.54) is 0 Å². The van der Waals surface area contributed by atoms with Gasteiger partial charge >= 0.3 is 0 Å². The predicted octanol–water partition coefficient (Wildman–Crippen LogP) is 0.691. The predicted molar refractivity (Wildman–Crippen MR) is 55.6 cm³/mol. The van der Waals surface area contributed by atoms with Crippen LogP contribution in [0.2, 0.25) is 0 Å². The summed E-state index contributed by atoms with van der Waals surface area (Å²) in [5.74, 6) is 1.13. The SMILES string of the molecule is ClC1CCCN=C1N1CCNCC1. The lowest BCUT2D eigenvalue weighted by molar-refractivity contribution is 0.347. The molecule has 1 saturated heterocycles. The Labute approximate surface area is 84.2 Å². The molecule has 0 aromatic heterocycles. The van der Waals surface area contributed by atoms with Gasteiger partial charge in [0.05, 0.1) is 5.38 Å². The molecule has 0 bridgehead atoms. The first-order chi connectivity index (χ1) is 6.38. The number of rotatable bonds is 0. The Balaban J connectivity index is 2.00. The van der Waals surface area contributed by atoms with E-state index in [0.717, 1.165) is 51.4 Å². The highest BCUT2D eigenvalue weighted by Crippen LogP contribution is 2.16. The van der Waals surface area contributed by atoms with E-state index in [0.29, 0.717) is 0 Å². The molecule has 1 atom stereocenters. The highest BCUT2D eigenvalue weighted by Gasteiger charge is 2.23. The lowest BCUT2D eigenvalue weighted by Crippen LogP contribution is -2.49. The summed E-state index contributed by atoms with van der Waals surface area (Å²) in [5.41, 5.74) is 0. The normalized spacial score (nSPS) is 30.1. The minimum absolute atomic E-state index is 0.159. The van der Waals surface area contributed by atoms with Crippen LogP contribution >= 0.6 is 11.6 Å². The van der Waals surface area contributed by atoms with Gasteiger partial charge in [-0.1, -0.05) is 0 Å². The molecule has 0 aromatic rings. The average molecular weight is 202 g/mol. The zero-order valence-corrected chi connectivity index (χ0v) is 8.56. The Morgan fingerprint density at radius 2 is 2.15 bits per heavy atom. The molecule has 0 saturated carbocycles. The molecule has 0 radical (unpaired) electrons. The van der Waals surface area contributed by atoms with Crippen LogP contribution in [0.15, 0.2) is 4.99 Å². The number of halogens is 1. The molecule has 0 spiro atoms. The summed E-state index contributed by atoms with van der Waals surface area (Å²) in [6, 6.07) is 0. The van der Waals surface area contributed by atoms with Crippen LogP contribution in [0, 0.1) is 0 Å². The van der Waals surface area contributed by atoms with Crippen LogP contribution in [0.3, 0.4) is 0 Å². The third kappa shape index (κ3) is 2.15. The maximum atomic E-state index is 6.22. The standard InChI is InChI=1S/C9H16ClN3/c10-8-2-1-3-12-9(8)13-6-4-11-5-7-13/h8,11H,1-7H2. The number of aliphatic imine (C=N–C) groups is 1. The second-order valence-corrected chi connectivity index (χ2v) is 4.11. The van der Waals surface area contributed by atoms with Gasteiger partial charge < -0.3 is 10.2 Å². The molecule has 2 rings (SSSR count). The number of hydrogen-bond acceptors (Lipinski definition) is 3. The molecular weight excluding hydrogens is 186 g/mol. The van der Waals surface area contributed by atoms with Crippen LogP contribution in [-0.4, -0.2) is 48.8 Å². The summed E-state index contributed by atoms with van der Waals surface area (Å²) in [6.45, 7) is 5.19. The van der Waals surface area contributed by atoms with Crippen LogP contribution in [0.5, 0.6) is 0 Å². The Morgan fingerprint density at radius 3 is 2.85 bits per heavy atom. The van der Waals surface area contributed by atoms with Crippen molar-refractivity contribution in [2.24, 2.45) is 4.99 Å². The molecule has 4 heteroatoms. The van der Waals surface area contributed by atoms with Gasteiger partial charge in [0.25, 0.3) is 0 Å². The van der Waals surface area contributed by atoms with Crippen molar-refractivity contribution < 1.29 is 0 Å². The van der Waals surface area contributed by atoms with Crippen molar-refractivity contribution in [2.75, 3.05) is 32.7 Å². The molecule has 3 nitrogen and oxygen atoms in total. The van der Waals surface area contributed by atoms with Gasteiger partial charge in [0.1, 0.15) is 5.84 Å². The van der Waals surface area contributed by atoms with Crippen LogP contribution in [0.4, 0.5) is 0 Å². The van der Waals surface area contributed by atoms with Gasteiger partial charge in [0.15, 0.2) is 0 Å². The maximum Gasteiger partial charge on any atom is 0.117 e. The second-order valence-electron chi connectivity index (χ2n) is 3.59. The lowest BCUT2D eigenvalue weighted by atomic mass is 10.1. The highest BCUT2D eigenvalue weighted by atomic mass is 35.5. The average Bonchev–Trinajstić information content (AvgIpc) is 2.20. The first kappa shape index (κ1) is 9.28. The summed E-state index contributed by atoms with van der Waals surface area (Å²) >= 11 is 6.22. The topological polar surface area (TPSA) is 27.6 Å². The van der Waals surface area contributed by atoms with E-state index < -0.39 is 0 Å². The summed E-state index contributed by atoms with van der Waals surface area (Å²) in [6.07, 6.45) is 2.23. The zero-order valence-electron chi connectivity index (χ0n) is 7.80. The van der Waals surface area contributed by atoms with Gasteiger partial charge in [0.2, 0.25) is 0 Å². The van der Waals surface area contributed by atoms with Crippen molar-refractivity contribution in [3.63, 3.8) is 0 Å². The first-order valence-corrected chi connectivity index (χ1v) is 5.45. The fourth-order valence-electron chi connectivity index (χ4n) is 1.88. The Morgan fingerprint density at radius 1 is 1.38 bits per heavy atom. The minimum Gasteiger partial charge on any atom is -0.357 e. The molecule has 2 aliphatic heterocycles. The maximum absolute atomic E-state index is 6.22. The van der Waals surface area contributed by atoms with Crippen LogP contribution in [0.1, 0.15) is 12.8 Å². The van der Waals surface area contributed by atoms with Crippen molar-refractivity contribution in [1.82, 2.24) is 10.2 Å². The molecule has 0 amide bonds. The number of nitrogens with one attached hydrogen (secondary N) is 1. The fraction of sp³-hybridized carbons (Fsp3) is 0.889. The van der Waals surface area contributed by atoms with Gasteiger partial charge in [-0.15, -0.1) is 11.6 Å². The first-order valence-electron chi connectivity index (χ1n) is 5.02. The van der Waals surface area contributed by atoms with Gasteiger partial charge in [-0.3, -0.25) is 4.99 Å². The summed E-state index contributed by atoms with van der Waals surface area (Å²) < 4.78 is 0. The van der Waals surface area contributed by atoms with Crippen molar-refractivity contribution in [2.45, 2.75) is 18.2 Å². The molecule has 0 aliphatic carbocycles. The highest BCUT2D eigenvalue weighted by molar-refractivity contribution is 6.31. The Kier molecular flexibility index (Phi) is 3.06. The van der Waals surface area contributed by atoms with Crippen molar-refractivity contribution >= 4 is 17.4 Å². The van der Waals surface area contributed by atoms with E-state index >= 15 is 0 Å². The molecule has 1 fully saturated rings. The summed E-state index contributed by atoms with van der Waals surface area (Å²) in [4.78, 5) is 6.84. The Bertz CT molecular complexity index is 199. The van der Waals surface area contributed by atoms with Gasteiger partial charge in [0, 0.05) is 32.7 Å². The van der Waals surface area contributed by atoms with Gasteiger partial charge in [-0.05, 0) is 12.8 Å². The third-order valence-corrected chi connectivity index (χ3v) is 3.02. The number of nitrogens with zero attached hydrogens (tertiary/aromatic N) is 2. The van der Waals surface area contributed by atoms with Gasteiger partial charge in [-0.25, -0.2) is 0 Å². The lowest BCUT2D eigenvalue weighted by Gasteiger charge is -2.33. The summed E-state index contributed by atoms with van der Waals surface area (Å²) in [7, 11) is 0. The molecular formula is C9H16ClN3. The van der Waals surface area contributed by atoms with Crippen molar-refractivity contribution in [1.29, 1.82) is 0 Å². The molecule has 13 heavy (non-hydrogen) atoms. The van der Waals surface area contributed by atoms with E-state index in [1.807, 2.05) is 0 Å². The fourth-order valence-corrected chi connectivity index (χ4v) is 2.25. The van der Waals surface area contributed by atoms with Crippen LogP contribution in [0.25, 0.3) is 0 Å². The van der Waals surface area contributed by atoms with E-state index in [2.05, 4.69) is 15.2 Å². The van der Waals surface area contributed by atoms with Crippen molar-refractivity contribution in [3.8, 4) is 0 Å².